The quantitative estimate of drug-likeness (QED) is 0.661. The van der Waals surface area contributed by atoms with Gasteiger partial charge in [0.1, 0.15) is 11.5 Å². The van der Waals surface area contributed by atoms with E-state index in [0.29, 0.717) is 5.69 Å². The first kappa shape index (κ1) is 7.34. The third-order valence-electron chi connectivity index (χ3n) is 2.08. The number of hydrogen-bond donors (Lipinski definition) is 1. The molecule has 1 saturated heterocycles. The van der Waals surface area contributed by atoms with Crippen LogP contribution < -0.4 is 0 Å². The fourth-order valence-corrected chi connectivity index (χ4v) is 1.22. The number of hydrogen-bond acceptors (Lipinski definition) is 2. The standard InChI is InChI=1S/C8H11N3O/c1-6-9-5-7(10-6)8(12)11-3-2-4-11/h5H,2-4H2,1H3,(H,9,10). The number of H-pyrrole nitrogens is 1. The number of imidazole rings is 1. The lowest BCUT2D eigenvalue weighted by molar-refractivity contribution is 0.0646. The maximum absolute atomic E-state index is 11.5. The normalized spacial score (nSPS) is 15.9. The molecule has 1 aromatic rings. The van der Waals surface area contributed by atoms with E-state index in [9.17, 15) is 4.79 Å². The Morgan fingerprint density at radius 1 is 1.67 bits per heavy atom. The highest BCUT2D eigenvalue weighted by atomic mass is 16.2. The minimum Gasteiger partial charge on any atom is -0.338 e. The van der Waals surface area contributed by atoms with Gasteiger partial charge in [0.15, 0.2) is 0 Å². The van der Waals surface area contributed by atoms with E-state index in [1.54, 1.807) is 6.20 Å². The summed E-state index contributed by atoms with van der Waals surface area (Å²) < 4.78 is 0. The van der Waals surface area contributed by atoms with E-state index >= 15 is 0 Å². The number of aromatic nitrogens is 2. The molecule has 0 saturated carbocycles. The first-order valence-electron chi connectivity index (χ1n) is 4.08. The van der Waals surface area contributed by atoms with Gasteiger partial charge in [-0.15, -0.1) is 0 Å². The molecule has 0 aromatic carbocycles. The fraction of sp³-hybridized carbons (Fsp3) is 0.500. The molecule has 0 bridgehead atoms. The van der Waals surface area contributed by atoms with Crippen molar-refractivity contribution in [1.82, 2.24) is 14.9 Å². The van der Waals surface area contributed by atoms with E-state index in [-0.39, 0.29) is 5.91 Å². The van der Waals surface area contributed by atoms with Gasteiger partial charge >= 0.3 is 0 Å². The third kappa shape index (κ3) is 1.09. The van der Waals surface area contributed by atoms with E-state index < -0.39 is 0 Å². The van der Waals surface area contributed by atoms with Gasteiger partial charge in [-0.25, -0.2) is 4.98 Å². The second-order valence-corrected chi connectivity index (χ2v) is 3.03. The van der Waals surface area contributed by atoms with E-state index in [2.05, 4.69) is 9.97 Å². The van der Waals surface area contributed by atoms with Crippen LogP contribution in [-0.4, -0.2) is 33.9 Å². The Morgan fingerprint density at radius 2 is 2.42 bits per heavy atom. The first-order valence-corrected chi connectivity index (χ1v) is 4.08. The summed E-state index contributed by atoms with van der Waals surface area (Å²) in [5.41, 5.74) is 0.604. The minimum absolute atomic E-state index is 0.0712. The van der Waals surface area contributed by atoms with E-state index in [0.717, 1.165) is 25.3 Å². The Balaban J connectivity index is 2.13. The molecule has 1 aliphatic heterocycles. The summed E-state index contributed by atoms with van der Waals surface area (Å²) >= 11 is 0. The lowest BCUT2D eigenvalue weighted by atomic mass is 10.2. The summed E-state index contributed by atoms with van der Waals surface area (Å²) in [6.45, 7) is 3.61. The molecule has 0 aliphatic carbocycles. The van der Waals surface area contributed by atoms with Crippen molar-refractivity contribution in [3.63, 3.8) is 0 Å². The molecule has 4 nitrogen and oxygen atoms in total. The van der Waals surface area contributed by atoms with Crippen LogP contribution in [0.3, 0.4) is 0 Å². The number of aryl methyl sites for hydroxylation is 1. The Kier molecular flexibility index (Phi) is 1.60. The second kappa shape index (κ2) is 2.62. The van der Waals surface area contributed by atoms with Gasteiger partial charge in [0.25, 0.3) is 5.91 Å². The lowest BCUT2D eigenvalue weighted by Crippen LogP contribution is -2.42. The summed E-state index contributed by atoms with van der Waals surface area (Å²) in [5.74, 6) is 0.862. The van der Waals surface area contributed by atoms with Crippen LogP contribution in [0.1, 0.15) is 22.7 Å². The van der Waals surface area contributed by atoms with Gasteiger partial charge in [-0.2, -0.15) is 0 Å². The lowest BCUT2D eigenvalue weighted by Gasteiger charge is -2.30. The van der Waals surface area contributed by atoms with Crippen molar-refractivity contribution in [2.24, 2.45) is 0 Å². The number of likely N-dealkylation sites (tertiary alicyclic amines) is 1. The summed E-state index contributed by atoms with van der Waals surface area (Å²) in [5, 5.41) is 0. The monoisotopic (exact) mass is 165 g/mol. The van der Waals surface area contributed by atoms with E-state index in [4.69, 9.17) is 0 Å². The predicted octanol–water partition coefficient (Wildman–Crippen LogP) is 0.564. The molecule has 0 radical (unpaired) electrons. The summed E-state index contributed by atoms with van der Waals surface area (Å²) in [6.07, 6.45) is 2.72. The molecule has 1 fully saturated rings. The SMILES string of the molecule is Cc1ncc(C(=O)N2CCC2)[nH]1. The average Bonchev–Trinajstić information content (AvgIpc) is 2.31. The van der Waals surface area contributed by atoms with Crippen molar-refractivity contribution in [2.75, 3.05) is 13.1 Å². The Bertz CT molecular complexity index is 301. The molecule has 64 valence electrons. The average molecular weight is 165 g/mol. The molecule has 1 aromatic heterocycles. The number of nitrogens with one attached hydrogen (secondary N) is 1. The molecular formula is C8H11N3O. The molecule has 4 heteroatoms. The maximum atomic E-state index is 11.5. The molecule has 1 amide bonds. The number of carbonyl (C=O) groups excluding carboxylic acids is 1. The van der Waals surface area contributed by atoms with Gasteiger partial charge in [-0.3, -0.25) is 4.79 Å². The zero-order valence-electron chi connectivity index (χ0n) is 7.00. The molecule has 2 rings (SSSR count). The summed E-state index contributed by atoms with van der Waals surface area (Å²) in [6, 6.07) is 0. The van der Waals surface area contributed by atoms with Crippen molar-refractivity contribution >= 4 is 5.91 Å². The van der Waals surface area contributed by atoms with Gasteiger partial charge in [0, 0.05) is 13.1 Å². The Hall–Kier alpha value is -1.32. The smallest absolute Gasteiger partial charge is 0.271 e. The second-order valence-electron chi connectivity index (χ2n) is 3.03. The molecule has 2 heterocycles. The third-order valence-corrected chi connectivity index (χ3v) is 2.08. The molecule has 1 aliphatic rings. The number of rotatable bonds is 1. The summed E-state index contributed by atoms with van der Waals surface area (Å²) in [7, 11) is 0. The molecular weight excluding hydrogens is 154 g/mol. The van der Waals surface area contributed by atoms with E-state index in [1.165, 1.54) is 0 Å². The largest absolute Gasteiger partial charge is 0.338 e. The van der Waals surface area contributed by atoms with Gasteiger partial charge < -0.3 is 9.88 Å². The Morgan fingerprint density at radius 3 is 2.83 bits per heavy atom. The van der Waals surface area contributed by atoms with Gasteiger partial charge in [0.2, 0.25) is 0 Å². The molecule has 0 spiro atoms. The van der Waals surface area contributed by atoms with Crippen molar-refractivity contribution in [2.45, 2.75) is 13.3 Å². The molecule has 0 unspecified atom stereocenters. The van der Waals surface area contributed by atoms with Crippen LogP contribution in [-0.2, 0) is 0 Å². The van der Waals surface area contributed by atoms with Crippen LogP contribution in [0.25, 0.3) is 0 Å². The highest BCUT2D eigenvalue weighted by Crippen LogP contribution is 2.10. The fourth-order valence-electron chi connectivity index (χ4n) is 1.22. The van der Waals surface area contributed by atoms with Crippen LogP contribution in [0.4, 0.5) is 0 Å². The molecule has 1 N–H and O–H groups in total. The van der Waals surface area contributed by atoms with Crippen molar-refractivity contribution in [1.29, 1.82) is 0 Å². The van der Waals surface area contributed by atoms with Crippen LogP contribution in [0.15, 0.2) is 6.20 Å². The van der Waals surface area contributed by atoms with Gasteiger partial charge in [-0.05, 0) is 13.3 Å². The predicted molar refractivity (Wildman–Crippen MR) is 43.8 cm³/mol. The van der Waals surface area contributed by atoms with Crippen molar-refractivity contribution in [3.05, 3.63) is 17.7 Å². The topological polar surface area (TPSA) is 49.0 Å². The van der Waals surface area contributed by atoms with Gasteiger partial charge in [0.05, 0.1) is 6.20 Å². The van der Waals surface area contributed by atoms with E-state index in [1.807, 2.05) is 11.8 Å². The first-order chi connectivity index (χ1) is 5.77. The number of amides is 1. The molecule has 12 heavy (non-hydrogen) atoms. The van der Waals surface area contributed by atoms with Crippen LogP contribution in [0, 0.1) is 6.92 Å². The number of aromatic amines is 1. The van der Waals surface area contributed by atoms with Crippen LogP contribution in [0.2, 0.25) is 0 Å². The number of nitrogens with zero attached hydrogens (tertiary/aromatic N) is 2. The zero-order chi connectivity index (χ0) is 8.55. The maximum Gasteiger partial charge on any atom is 0.271 e. The summed E-state index contributed by atoms with van der Waals surface area (Å²) in [4.78, 5) is 20.2. The van der Waals surface area contributed by atoms with Gasteiger partial charge in [-0.1, -0.05) is 0 Å². The van der Waals surface area contributed by atoms with Crippen LogP contribution >= 0.6 is 0 Å². The highest BCUT2D eigenvalue weighted by Gasteiger charge is 2.22. The minimum atomic E-state index is 0.0712. The Labute approximate surface area is 70.6 Å². The number of carbonyl (C=O) groups is 1. The van der Waals surface area contributed by atoms with Crippen molar-refractivity contribution < 1.29 is 4.79 Å². The molecule has 0 atom stereocenters. The zero-order valence-corrected chi connectivity index (χ0v) is 7.00. The highest BCUT2D eigenvalue weighted by molar-refractivity contribution is 5.92. The van der Waals surface area contributed by atoms with Crippen molar-refractivity contribution in [3.8, 4) is 0 Å². The van der Waals surface area contributed by atoms with Crippen LogP contribution in [0.5, 0.6) is 0 Å².